The van der Waals surface area contributed by atoms with Gasteiger partial charge in [0.25, 0.3) is 5.56 Å². The minimum Gasteiger partial charge on any atom is -0.314 e. The van der Waals surface area contributed by atoms with Crippen LogP contribution in [0.2, 0.25) is 5.02 Å². The van der Waals surface area contributed by atoms with Crippen LogP contribution in [-0.2, 0) is 7.05 Å². The number of aryl methyl sites for hydroxylation is 1. The van der Waals surface area contributed by atoms with Gasteiger partial charge in [-0.05, 0) is 42.0 Å². The number of halogens is 1. The van der Waals surface area contributed by atoms with Gasteiger partial charge in [0.15, 0.2) is 0 Å². The summed E-state index contributed by atoms with van der Waals surface area (Å²) < 4.78 is 5.68. The number of nitrogens with zero attached hydrogens (tertiary/aromatic N) is 3. The highest BCUT2D eigenvalue weighted by molar-refractivity contribution is 6.30. The molecule has 4 nitrogen and oxygen atoms in total. The lowest BCUT2D eigenvalue weighted by molar-refractivity contribution is 0.664. The Bertz CT molecular complexity index is 1360. The lowest BCUT2D eigenvalue weighted by Crippen LogP contribution is -2.20. The van der Waals surface area contributed by atoms with Gasteiger partial charge in [-0.3, -0.25) is 9.48 Å². The zero-order valence-electron chi connectivity index (χ0n) is 15.8. The first-order valence-electron chi connectivity index (χ1n) is 9.35. The van der Waals surface area contributed by atoms with E-state index in [1.807, 2.05) is 103 Å². The van der Waals surface area contributed by atoms with Crippen molar-refractivity contribution in [1.82, 2.24) is 13.9 Å². The van der Waals surface area contributed by atoms with Gasteiger partial charge in [-0.1, -0.05) is 60.1 Å². The van der Waals surface area contributed by atoms with Crippen LogP contribution in [0.5, 0.6) is 0 Å². The Morgan fingerprint density at radius 3 is 2.03 bits per heavy atom. The SMILES string of the molecule is Cn1c2cn(-c3ccc(Cl)cc3)c(-c3ccccc3)c2c(=O)n1-c1ccccc1. The van der Waals surface area contributed by atoms with Crippen LogP contribution in [-0.4, -0.2) is 13.9 Å². The summed E-state index contributed by atoms with van der Waals surface area (Å²) in [6, 6.07) is 27.3. The Balaban J connectivity index is 1.87. The molecule has 0 fully saturated rings. The molecule has 0 N–H and O–H groups in total. The molecule has 2 heterocycles. The molecular weight excluding hydrogens is 382 g/mol. The van der Waals surface area contributed by atoms with E-state index in [4.69, 9.17) is 11.6 Å². The summed E-state index contributed by atoms with van der Waals surface area (Å²) in [6.07, 6.45) is 2.02. The van der Waals surface area contributed by atoms with Gasteiger partial charge >= 0.3 is 0 Å². The Morgan fingerprint density at radius 2 is 1.38 bits per heavy atom. The third-order valence-corrected chi connectivity index (χ3v) is 5.44. The van der Waals surface area contributed by atoms with Crippen molar-refractivity contribution < 1.29 is 0 Å². The molecule has 5 heteroatoms. The van der Waals surface area contributed by atoms with Gasteiger partial charge in [0.05, 0.1) is 22.3 Å². The third-order valence-electron chi connectivity index (χ3n) is 5.19. The summed E-state index contributed by atoms with van der Waals surface area (Å²) in [7, 11) is 1.91. The van der Waals surface area contributed by atoms with Crippen LogP contribution < -0.4 is 5.56 Å². The van der Waals surface area contributed by atoms with Crippen LogP contribution in [0, 0.1) is 0 Å². The molecular formula is C24H18ClN3O. The highest BCUT2D eigenvalue weighted by atomic mass is 35.5. The summed E-state index contributed by atoms with van der Waals surface area (Å²) in [5, 5.41) is 1.37. The van der Waals surface area contributed by atoms with Crippen LogP contribution >= 0.6 is 11.6 Å². The van der Waals surface area contributed by atoms with E-state index in [2.05, 4.69) is 4.57 Å². The summed E-state index contributed by atoms with van der Waals surface area (Å²) in [6.45, 7) is 0. The molecule has 0 bridgehead atoms. The highest BCUT2D eigenvalue weighted by Gasteiger charge is 2.22. The fraction of sp³-hybridized carbons (Fsp3) is 0.0417. The Kier molecular flexibility index (Phi) is 4.14. The van der Waals surface area contributed by atoms with Gasteiger partial charge in [0, 0.05) is 24.0 Å². The first-order chi connectivity index (χ1) is 14.1. The van der Waals surface area contributed by atoms with Crippen LogP contribution in [0.15, 0.2) is 95.9 Å². The second kappa shape index (κ2) is 6.83. The molecule has 0 aliphatic rings. The average Bonchev–Trinajstić information content (AvgIpc) is 3.26. The molecule has 0 saturated carbocycles. The average molecular weight is 400 g/mol. The molecule has 0 spiro atoms. The Morgan fingerprint density at radius 1 is 0.759 bits per heavy atom. The maximum Gasteiger partial charge on any atom is 0.281 e. The molecule has 0 radical (unpaired) electrons. The lowest BCUT2D eigenvalue weighted by atomic mass is 10.1. The Labute approximate surface area is 172 Å². The van der Waals surface area contributed by atoms with Gasteiger partial charge in [0.1, 0.15) is 0 Å². The number of para-hydroxylation sites is 1. The lowest BCUT2D eigenvalue weighted by Gasteiger charge is -2.11. The number of hydrogen-bond acceptors (Lipinski definition) is 1. The van der Waals surface area contributed by atoms with Gasteiger partial charge in [0.2, 0.25) is 0 Å². The van der Waals surface area contributed by atoms with Crippen molar-refractivity contribution in [2.24, 2.45) is 7.05 Å². The molecule has 0 aliphatic heterocycles. The normalized spacial score (nSPS) is 11.2. The number of hydrogen-bond donors (Lipinski definition) is 0. The van der Waals surface area contributed by atoms with E-state index in [-0.39, 0.29) is 5.56 Å². The van der Waals surface area contributed by atoms with Crippen molar-refractivity contribution in [1.29, 1.82) is 0 Å². The predicted octanol–water partition coefficient (Wildman–Crippen LogP) is 5.44. The van der Waals surface area contributed by atoms with Gasteiger partial charge in [-0.25, -0.2) is 4.68 Å². The van der Waals surface area contributed by atoms with Gasteiger partial charge < -0.3 is 4.57 Å². The second-order valence-corrected chi connectivity index (χ2v) is 7.36. The fourth-order valence-corrected chi connectivity index (χ4v) is 3.97. The molecule has 2 aromatic heterocycles. The summed E-state index contributed by atoms with van der Waals surface area (Å²) >= 11 is 6.09. The smallest absolute Gasteiger partial charge is 0.281 e. The summed E-state index contributed by atoms with van der Waals surface area (Å²) in [5.74, 6) is 0. The first kappa shape index (κ1) is 17.6. The molecule has 0 unspecified atom stereocenters. The van der Waals surface area contributed by atoms with Crippen molar-refractivity contribution >= 4 is 22.5 Å². The van der Waals surface area contributed by atoms with E-state index in [0.717, 1.165) is 28.1 Å². The van der Waals surface area contributed by atoms with Gasteiger partial charge in [-0.15, -0.1) is 0 Å². The van der Waals surface area contributed by atoms with E-state index < -0.39 is 0 Å². The fourth-order valence-electron chi connectivity index (χ4n) is 3.84. The molecule has 0 amide bonds. The molecule has 3 aromatic carbocycles. The molecule has 0 aliphatic carbocycles. The molecule has 5 aromatic rings. The van der Waals surface area contributed by atoms with Crippen molar-refractivity contribution in [2.45, 2.75) is 0 Å². The van der Waals surface area contributed by atoms with Crippen LogP contribution in [0.25, 0.3) is 33.5 Å². The first-order valence-corrected chi connectivity index (χ1v) is 9.73. The number of aromatic nitrogens is 3. The number of fused-ring (bicyclic) bond motifs is 1. The second-order valence-electron chi connectivity index (χ2n) is 6.93. The van der Waals surface area contributed by atoms with Crippen molar-refractivity contribution in [3.63, 3.8) is 0 Å². The van der Waals surface area contributed by atoms with E-state index in [0.29, 0.717) is 10.4 Å². The van der Waals surface area contributed by atoms with Crippen LogP contribution in [0.4, 0.5) is 0 Å². The predicted molar refractivity (Wildman–Crippen MR) is 118 cm³/mol. The number of rotatable bonds is 3. The third kappa shape index (κ3) is 2.80. The molecule has 0 saturated heterocycles. The molecule has 0 atom stereocenters. The molecule has 5 rings (SSSR count). The van der Waals surface area contributed by atoms with E-state index >= 15 is 0 Å². The highest BCUT2D eigenvalue weighted by Crippen LogP contribution is 2.32. The quantitative estimate of drug-likeness (QED) is 0.397. The minimum atomic E-state index is -0.0414. The van der Waals surface area contributed by atoms with Crippen molar-refractivity contribution in [2.75, 3.05) is 0 Å². The zero-order valence-corrected chi connectivity index (χ0v) is 16.5. The van der Waals surface area contributed by atoms with Crippen LogP contribution in [0.1, 0.15) is 0 Å². The number of benzene rings is 3. The van der Waals surface area contributed by atoms with Crippen LogP contribution in [0.3, 0.4) is 0 Å². The van der Waals surface area contributed by atoms with E-state index in [9.17, 15) is 4.79 Å². The monoisotopic (exact) mass is 399 g/mol. The Hall–Kier alpha value is -3.50. The largest absolute Gasteiger partial charge is 0.314 e. The topological polar surface area (TPSA) is 31.9 Å². The standard InChI is InChI=1S/C24H18ClN3O/c1-26-21-16-27(19-14-12-18(25)13-15-19)23(17-8-4-2-5-9-17)22(21)24(29)28(26)20-10-6-3-7-11-20/h2-16H,1H3. The zero-order chi connectivity index (χ0) is 20.0. The van der Waals surface area contributed by atoms with Crippen molar-refractivity contribution in [3.05, 3.63) is 107 Å². The molecule has 29 heavy (non-hydrogen) atoms. The summed E-state index contributed by atoms with van der Waals surface area (Å²) in [4.78, 5) is 13.6. The van der Waals surface area contributed by atoms with Crippen molar-refractivity contribution in [3.8, 4) is 22.6 Å². The van der Waals surface area contributed by atoms with Gasteiger partial charge in [-0.2, -0.15) is 0 Å². The van der Waals surface area contributed by atoms with E-state index in [1.54, 1.807) is 4.68 Å². The minimum absolute atomic E-state index is 0.0414. The maximum atomic E-state index is 13.6. The maximum absolute atomic E-state index is 13.6. The summed E-state index contributed by atoms with van der Waals surface area (Å²) in [5.41, 5.74) is 4.48. The molecule has 142 valence electrons. The van der Waals surface area contributed by atoms with E-state index in [1.165, 1.54) is 0 Å².